The van der Waals surface area contributed by atoms with E-state index in [0.717, 1.165) is 0 Å². The molecular weight excluding hydrogens is 321 g/mol. The molecule has 12 heteroatoms. The highest BCUT2D eigenvalue weighted by Gasteiger charge is 2.88. The first-order valence-corrected chi connectivity index (χ1v) is 4.59. The first-order chi connectivity index (χ1) is 8.48. The maximum atomic E-state index is 12.7. The first kappa shape index (κ1) is 18.9. The molecule has 0 radical (unpaired) electrons. The molecule has 0 saturated carbocycles. The molecule has 0 aromatic rings. The van der Waals surface area contributed by atoms with Gasteiger partial charge in [0.05, 0.1) is 0 Å². The Labute approximate surface area is 103 Å². The number of hydrogen-bond donors (Lipinski definition) is 0. The summed E-state index contributed by atoms with van der Waals surface area (Å²) >= 11 is 0. The van der Waals surface area contributed by atoms with Gasteiger partial charge >= 0.3 is 29.9 Å². The van der Waals surface area contributed by atoms with E-state index in [1.807, 2.05) is 0 Å². The number of Topliss-reactive ketones (excluding diaryl/α,β-unsaturated/α-hetero) is 1. The highest BCUT2D eigenvalue weighted by atomic mass is 19.4. The summed E-state index contributed by atoms with van der Waals surface area (Å²) in [5.41, 5.74) is 0. The van der Waals surface area contributed by atoms with Crippen LogP contribution >= 0.6 is 0 Å². The summed E-state index contributed by atoms with van der Waals surface area (Å²) in [6.07, 6.45) is -8.69. The average Bonchev–Trinajstić information content (AvgIpc) is 2.25. The van der Waals surface area contributed by atoms with Crippen molar-refractivity contribution >= 4 is 5.78 Å². The second kappa shape index (κ2) is 4.72. The first-order valence-electron chi connectivity index (χ1n) is 4.59. The van der Waals surface area contributed by atoms with Gasteiger partial charge in [-0.05, 0) is 0 Å². The summed E-state index contributed by atoms with van der Waals surface area (Å²) in [6, 6.07) is 0. The summed E-state index contributed by atoms with van der Waals surface area (Å²) in [7, 11) is 0. The molecule has 0 spiro atoms. The van der Waals surface area contributed by atoms with E-state index in [9.17, 15) is 53.1 Å². The van der Waals surface area contributed by atoms with Gasteiger partial charge < -0.3 is 0 Å². The zero-order valence-electron chi connectivity index (χ0n) is 9.27. The van der Waals surface area contributed by atoms with Gasteiger partial charge in [-0.3, -0.25) is 4.79 Å². The molecule has 120 valence electrons. The van der Waals surface area contributed by atoms with Crippen molar-refractivity contribution in [3.05, 3.63) is 0 Å². The summed E-state index contributed by atoms with van der Waals surface area (Å²) in [6.45, 7) is 0.506. The summed E-state index contributed by atoms with van der Waals surface area (Å²) in [5.74, 6) is -31.5. The number of hydrogen-bond acceptors (Lipinski definition) is 1. The Bertz CT molecular complexity index is 380. The van der Waals surface area contributed by atoms with Gasteiger partial charge in [0, 0.05) is 6.42 Å². The third-order valence-electron chi connectivity index (χ3n) is 2.21. The molecule has 0 aliphatic heterocycles. The molecule has 0 rings (SSSR count). The Balaban J connectivity index is 6.00. The monoisotopic (exact) mass is 326 g/mol. The van der Waals surface area contributed by atoms with Crippen LogP contribution in [0.4, 0.5) is 48.3 Å². The van der Waals surface area contributed by atoms with Crippen molar-refractivity contribution in [2.24, 2.45) is 0 Å². The Morgan fingerprint density at radius 3 is 1.30 bits per heavy atom. The van der Waals surface area contributed by atoms with E-state index in [1.54, 1.807) is 0 Å². The zero-order chi connectivity index (χ0) is 16.8. The van der Waals surface area contributed by atoms with Crippen LogP contribution in [0.5, 0.6) is 0 Å². The maximum Gasteiger partial charge on any atom is 0.460 e. The maximum absolute atomic E-state index is 12.7. The molecule has 0 fully saturated rings. The largest absolute Gasteiger partial charge is 0.460 e. The van der Waals surface area contributed by atoms with Crippen molar-refractivity contribution in [1.82, 2.24) is 0 Å². The van der Waals surface area contributed by atoms with Gasteiger partial charge in [0.1, 0.15) is 0 Å². The van der Waals surface area contributed by atoms with Crippen LogP contribution in [-0.2, 0) is 4.79 Å². The van der Waals surface area contributed by atoms with Gasteiger partial charge in [-0.25, -0.2) is 0 Å². The standard InChI is InChI=1S/C8H5F11O/c1-2-3(20)4(9,10)5(11,12)6(13,14)7(15,16)8(17,18)19/h2H2,1H3. The predicted octanol–water partition coefficient (Wildman–Crippen LogP) is 4.07. The van der Waals surface area contributed by atoms with Crippen molar-refractivity contribution in [3.63, 3.8) is 0 Å². The quantitative estimate of drug-likeness (QED) is 0.696. The topological polar surface area (TPSA) is 17.1 Å². The molecule has 20 heavy (non-hydrogen) atoms. The lowest BCUT2D eigenvalue weighted by atomic mass is 9.94. The summed E-state index contributed by atoms with van der Waals surface area (Å²) < 4.78 is 136. The zero-order valence-corrected chi connectivity index (χ0v) is 9.27. The second-order valence-corrected chi connectivity index (χ2v) is 3.57. The Morgan fingerprint density at radius 1 is 0.700 bits per heavy atom. The molecule has 0 saturated heterocycles. The number of carbonyl (C=O) groups is 1. The van der Waals surface area contributed by atoms with Crippen molar-refractivity contribution < 1.29 is 53.1 Å². The summed E-state index contributed by atoms with van der Waals surface area (Å²) in [5, 5.41) is 0. The number of rotatable bonds is 5. The van der Waals surface area contributed by atoms with E-state index in [4.69, 9.17) is 0 Å². The van der Waals surface area contributed by atoms with Crippen LogP contribution in [0.2, 0.25) is 0 Å². The molecule has 0 N–H and O–H groups in total. The van der Waals surface area contributed by atoms with Crippen LogP contribution in [-0.4, -0.2) is 35.6 Å². The SMILES string of the molecule is CCC(=O)C(F)(F)C(F)(F)C(F)(F)C(F)(F)C(F)(F)F. The van der Waals surface area contributed by atoms with E-state index >= 15 is 0 Å². The molecule has 0 aliphatic rings. The summed E-state index contributed by atoms with van der Waals surface area (Å²) in [4.78, 5) is 10.4. The molecule has 0 aromatic heterocycles. The minimum absolute atomic E-state index is 0.506. The highest BCUT2D eigenvalue weighted by Crippen LogP contribution is 2.57. The van der Waals surface area contributed by atoms with Crippen molar-refractivity contribution in [2.45, 2.75) is 43.2 Å². The minimum Gasteiger partial charge on any atom is -0.293 e. The van der Waals surface area contributed by atoms with Crippen LogP contribution in [0.3, 0.4) is 0 Å². The Hall–Kier alpha value is -1.10. The van der Waals surface area contributed by atoms with E-state index in [1.165, 1.54) is 0 Å². The molecular formula is C8H5F11O. The normalized spacial score (nSPS) is 15.4. The molecule has 0 heterocycles. The predicted molar refractivity (Wildman–Crippen MR) is 41.1 cm³/mol. The van der Waals surface area contributed by atoms with Crippen LogP contribution in [0.1, 0.15) is 13.3 Å². The Kier molecular flexibility index (Phi) is 4.46. The van der Waals surface area contributed by atoms with Crippen LogP contribution in [0.25, 0.3) is 0 Å². The van der Waals surface area contributed by atoms with Crippen LogP contribution in [0.15, 0.2) is 0 Å². The van der Waals surface area contributed by atoms with Gasteiger partial charge in [0.2, 0.25) is 5.78 Å². The van der Waals surface area contributed by atoms with Crippen molar-refractivity contribution in [3.8, 4) is 0 Å². The van der Waals surface area contributed by atoms with Gasteiger partial charge in [0.25, 0.3) is 0 Å². The molecule has 0 atom stereocenters. The lowest BCUT2D eigenvalue weighted by molar-refractivity contribution is -0.416. The van der Waals surface area contributed by atoms with E-state index < -0.39 is 42.1 Å². The smallest absolute Gasteiger partial charge is 0.293 e. The molecule has 0 unspecified atom stereocenters. The van der Waals surface area contributed by atoms with Gasteiger partial charge in [0.15, 0.2) is 0 Å². The van der Waals surface area contributed by atoms with Crippen LogP contribution in [0, 0.1) is 0 Å². The molecule has 0 bridgehead atoms. The second-order valence-electron chi connectivity index (χ2n) is 3.57. The average molecular weight is 326 g/mol. The van der Waals surface area contributed by atoms with Crippen molar-refractivity contribution in [2.75, 3.05) is 0 Å². The van der Waals surface area contributed by atoms with Gasteiger partial charge in [-0.2, -0.15) is 48.3 Å². The molecule has 0 aromatic carbocycles. The third kappa shape index (κ3) is 2.32. The molecule has 0 aliphatic carbocycles. The molecule has 0 amide bonds. The fourth-order valence-corrected chi connectivity index (χ4v) is 0.969. The van der Waals surface area contributed by atoms with E-state index in [0.29, 0.717) is 6.92 Å². The van der Waals surface area contributed by atoms with Gasteiger partial charge in [-0.1, -0.05) is 6.92 Å². The third-order valence-corrected chi connectivity index (χ3v) is 2.21. The lowest BCUT2D eigenvalue weighted by Crippen LogP contribution is -2.68. The van der Waals surface area contributed by atoms with E-state index in [2.05, 4.69) is 0 Å². The van der Waals surface area contributed by atoms with Crippen LogP contribution < -0.4 is 0 Å². The molecule has 1 nitrogen and oxygen atoms in total. The van der Waals surface area contributed by atoms with Gasteiger partial charge in [-0.15, -0.1) is 0 Å². The van der Waals surface area contributed by atoms with E-state index in [-0.39, 0.29) is 0 Å². The lowest BCUT2D eigenvalue weighted by Gasteiger charge is -2.36. The minimum atomic E-state index is -7.52. The number of ketones is 1. The van der Waals surface area contributed by atoms with Crippen molar-refractivity contribution in [1.29, 1.82) is 0 Å². The highest BCUT2D eigenvalue weighted by molar-refractivity contribution is 5.86. The fourth-order valence-electron chi connectivity index (χ4n) is 0.969. The number of alkyl halides is 11. The fraction of sp³-hybridized carbons (Fsp3) is 0.875. The number of halogens is 11. The number of carbonyl (C=O) groups excluding carboxylic acids is 1. The Morgan fingerprint density at radius 2 is 1.05 bits per heavy atom.